The molecule has 3 atom stereocenters. The number of esters is 1. The van der Waals surface area contributed by atoms with Crippen molar-refractivity contribution >= 4 is 5.97 Å². The first-order chi connectivity index (χ1) is 7.96. The summed E-state index contributed by atoms with van der Waals surface area (Å²) in [6, 6.07) is 0. The third kappa shape index (κ3) is 1.31. The van der Waals surface area contributed by atoms with Crippen LogP contribution in [0.25, 0.3) is 0 Å². The third-order valence-electron chi connectivity index (χ3n) is 4.84. The SMILES string of the molecule is C#C[C@@]12CCC[C@]1(C(=O)OCC)CC[C@]2(C)O. The number of rotatable bonds is 2. The summed E-state index contributed by atoms with van der Waals surface area (Å²) in [7, 11) is 0. The molecule has 2 aliphatic carbocycles. The Morgan fingerprint density at radius 1 is 1.41 bits per heavy atom. The summed E-state index contributed by atoms with van der Waals surface area (Å²) in [6.07, 6.45) is 9.26. The molecule has 0 aromatic heterocycles. The molecule has 0 aliphatic heterocycles. The van der Waals surface area contributed by atoms with E-state index in [4.69, 9.17) is 11.2 Å². The van der Waals surface area contributed by atoms with Crippen LogP contribution in [0.15, 0.2) is 0 Å². The molecule has 0 bridgehead atoms. The van der Waals surface area contributed by atoms with Crippen LogP contribution in [0.4, 0.5) is 0 Å². The molecular weight excluding hydrogens is 216 g/mol. The Bertz CT molecular complexity index is 379. The first-order valence-electron chi connectivity index (χ1n) is 6.33. The van der Waals surface area contributed by atoms with E-state index in [-0.39, 0.29) is 5.97 Å². The average molecular weight is 236 g/mol. The number of fused-ring (bicyclic) bond motifs is 1. The van der Waals surface area contributed by atoms with Crippen LogP contribution in [-0.2, 0) is 9.53 Å². The van der Waals surface area contributed by atoms with Gasteiger partial charge in [0.1, 0.15) is 0 Å². The maximum atomic E-state index is 12.3. The van der Waals surface area contributed by atoms with Crippen LogP contribution in [0.1, 0.15) is 46.0 Å². The molecule has 0 radical (unpaired) electrons. The van der Waals surface area contributed by atoms with Crippen molar-refractivity contribution in [2.45, 2.75) is 51.6 Å². The Hall–Kier alpha value is -1.01. The van der Waals surface area contributed by atoms with E-state index < -0.39 is 16.4 Å². The molecule has 0 saturated heterocycles. The molecule has 1 N–H and O–H groups in total. The minimum Gasteiger partial charge on any atom is -0.466 e. The van der Waals surface area contributed by atoms with Crippen molar-refractivity contribution in [3.63, 3.8) is 0 Å². The molecule has 3 nitrogen and oxygen atoms in total. The van der Waals surface area contributed by atoms with Gasteiger partial charge in [0.05, 0.1) is 23.0 Å². The zero-order chi connectivity index (χ0) is 12.7. The van der Waals surface area contributed by atoms with Crippen LogP contribution in [0.2, 0.25) is 0 Å². The fourth-order valence-electron chi connectivity index (χ4n) is 3.91. The van der Waals surface area contributed by atoms with Gasteiger partial charge in [-0.15, -0.1) is 6.42 Å². The first kappa shape index (κ1) is 12.4. The second kappa shape index (κ2) is 3.74. The second-order valence-electron chi connectivity index (χ2n) is 5.48. The molecule has 3 heteroatoms. The molecular formula is C14H20O3. The molecule has 2 fully saturated rings. The van der Waals surface area contributed by atoms with E-state index in [9.17, 15) is 9.90 Å². The summed E-state index contributed by atoms with van der Waals surface area (Å²) in [4.78, 5) is 12.3. The van der Waals surface area contributed by atoms with Gasteiger partial charge >= 0.3 is 5.97 Å². The third-order valence-corrected chi connectivity index (χ3v) is 4.84. The number of hydrogen-bond donors (Lipinski definition) is 1. The maximum absolute atomic E-state index is 12.3. The van der Waals surface area contributed by atoms with Crippen LogP contribution in [0, 0.1) is 23.2 Å². The quantitative estimate of drug-likeness (QED) is 0.588. The lowest BCUT2D eigenvalue weighted by Gasteiger charge is -2.41. The van der Waals surface area contributed by atoms with E-state index in [1.807, 2.05) is 0 Å². The van der Waals surface area contributed by atoms with Crippen molar-refractivity contribution < 1.29 is 14.6 Å². The van der Waals surface area contributed by atoms with Gasteiger partial charge in [-0.05, 0) is 39.5 Å². The molecule has 2 saturated carbocycles. The van der Waals surface area contributed by atoms with E-state index >= 15 is 0 Å². The van der Waals surface area contributed by atoms with Crippen LogP contribution in [-0.4, -0.2) is 23.3 Å². The monoisotopic (exact) mass is 236 g/mol. The van der Waals surface area contributed by atoms with Crippen LogP contribution >= 0.6 is 0 Å². The van der Waals surface area contributed by atoms with Crippen molar-refractivity contribution in [1.82, 2.24) is 0 Å². The molecule has 0 spiro atoms. The molecule has 0 aromatic carbocycles. The fourth-order valence-corrected chi connectivity index (χ4v) is 3.91. The number of hydrogen-bond acceptors (Lipinski definition) is 3. The molecule has 17 heavy (non-hydrogen) atoms. The normalized spacial score (nSPS) is 44.1. The highest BCUT2D eigenvalue weighted by Crippen LogP contribution is 2.67. The van der Waals surface area contributed by atoms with Crippen molar-refractivity contribution in [3.8, 4) is 12.3 Å². The zero-order valence-electron chi connectivity index (χ0n) is 10.6. The highest BCUT2D eigenvalue weighted by molar-refractivity contribution is 5.80. The number of ether oxygens (including phenoxy) is 1. The van der Waals surface area contributed by atoms with Gasteiger partial charge in [0.15, 0.2) is 0 Å². The van der Waals surface area contributed by atoms with Crippen molar-refractivity contribution in [3.05, 3.63) is 0 Å². The topological polar surface area (TPSA) is 46.5 Å². The Labute approximate surface area is 103 Å². The summed E-state index contributed by atoms with van der Waals surface area (Å²) in [5.74, 6) is 2.54. The van der Waals surface area contributed by atoms with Crippen molar-refractivity contribution in [1.29, 1.82) is 0 Å². The van der Waals surface area contributed by atoms with Gasteiger partial charge in [-0.2, -0.15) is 0 Å². The number of terminal acetylenes is 1. The smallest absolute Gasteiger partial charge is 0.313 e. The average Bonchev–Trinajstić information content (AvgIpc) is 2.76. The number of aliphatic hydroxyl groups is 1. The molecule has 0 aromatic rings. The Morgan fingerprint density at radius 2 is 2.12 bits per heavy atom. The molecule has 94 valence electrons. The lowest BCUT2D eigenvalue weighted by atomic mass is 9.63. The molecule has 2 rings (SSSR count). The Morgan fingerprint density at radius 3 is 2.71 bits per heavy atom. The van der Waals surface area contributed by atoms with Gasteiger partial charge < -0.3 is 9.84 Å². The lowest BCUT2D eigenvalue weighted by Crippen LogP contribution is -2.50. The zero-order valence-corrected chi connectivity index (χ0v) is 10.6. The van der Waals surface area contributed by atoms with E-state index in [0.717, 1.165) is 19.3 Å². The lowest BCUT2D eigenvalue weighted by molar-refractivity contribution is -0.163. The first-order valence-corrected chi connectivity index (χ1v) is 6.33. The van der Waals surface area contributed by atoms with Gasteiger partial charge in [0.25, 0.3) is 0 Å². The largest absolute Gasteiger partial charge is 0.466 e. The van der Waals surface area contributed by atoms with Crippen molar-refractivity contribution in [2.75, 3.05) is 6.61 Å². The predicted octanol–water partition coefficient (Wildman–Crippen LogP) is 1.88. The van der Waals surface area contributed by atoms with Gasteiger partial charge in [0.2, 0.25) is 0 Å². The van der Waals surface area contributed by atoms with Crippen LogP contribution in [0.3, 0.4) is 0 Å². The Balaban J connectivity index is 2.47. The number of carbonyl (C=O) groups excluding carboxylic acids is 1. The summed E-state index contributed by atoms with van der Waals surface area (Å²) < 4.78 is 5.21. The summed E-state index contributed by atoms with van der Waals surface area (Å²) >= 11 is 0. The van der Waals surface area contributed by atoms with E-state index in [1.54, 1.807) is 13.8 Å². The summed E-state index contributed by atoms with van der Waals surface area (Å²) in [6.45, 7) is 3.93. The van der Waals surface area contributed by atoms with Crippen molar-refractivity contribution in [2.24, 2.45) is 10.8 Å². The maximum Gasteiger partial charge on any atom is 0.313 e. The minimum absolute atomic E-state index is 0.215. The van der Waals surface area contributed by atoms with Gasteiger partial charge in [-0.25, -0.2) is 0 Å². The standard InChI is InChI=1S/C14H20O3/c1-4-14-8-6-7-13(14,11(15)17-5-2)10-9-12(14,3)16/h1,16H,5-10H2,2-3H3/t12-,13+,14-/m0/s1. The van der Waals surface area contributed by atoms with E-state index in [1.165, 1.54) is 0 Å². The predicted molar refractivity (Wildman–Crippen MR) is 64.0 cm³/mol. The summed E-state index contributed by atoms with van der Waals surface area (Å²) in [5, 5.41) is 10.5. The fraction of sp³-hybridized carbons (Fsp3) is 0.786. The second-order valence-corrected chi connectivity index (χ2v) is 5.48. The van der Waals surface area contributed by atoms with Gasteiger partial charge in [0, 0.05) is 0 Å². The van der Waals surface area contributed by atoms with Crippen LogP contribution < -0.4 is 0 Å². The summed E-state index contributed by atoms with van der Waals surface area (Å²) in [5.41, 5.74) is -2.33. The minimum atomic E-state index is -0.953. The molecule has 0 amide bonds. The van der Waals surface area contributed by atoms with E-state index in [2.05, 4.69) is 5.92 Å². The highest BCUT2D eigenvalue weighted by Gasteiger charge is 2.70. The molecule has 2 aliphatic rings. The molecule has 0 heterocycles. The van der Waals surface area contributed by atoms with Gasteiger partial charge in [-0.1, -0.05) is 12.3 Å². The van der Waals surface area contributed by atoms with Crippen LogP contribution in [0.5, 0.6) is 0 Å². The van der Waals surface area contributed by atoms with Gasteiger partial charge in [-0.3, -0.25) is 4.79 Å². The van der Waals surface area contributed by atoms with E-state index in [0.29, 0.717) is 19.4 Å². The number of carbonyl (C=O) groups is 1. The Kier molecular flexibility index (Phi) is 2.74. The molecule has 0 unspecified atom stereocenters. The highest BCUT2D eigenvalue weighted by atomic mass is 16.5.